The molecule has 4 nitrogen and oxygen atoms in total. The van der Waals surface area contributed by atoms with Crippen molar-refractivity contribution in [3.8, 4) is 0 Å². The summed E-state index contributed by atoms with van der Waals surface area (Å²) in [6.07, 6.45) is 2.80. The molecule has 4 heteroatoms. The molecule has 1 amide bonds. The summed E-state index contributed by atoms with van der Waals surface area (Å²) in [6, 6.07) is 0. The second kappa shape index (κ2) is 7.28. The van der Waals surface area contributed by atoms with Crippen LogP contribution in [-0.4, -0.2) is 41.4 Å². The standard InChI is InChI=1S/C12H23NO3/c1-5-8-13(9-6-7-10-14)11(15)16-12(2,3)4/h5,14H,1,6-10H2,2-4H3. The highest BCUT2D eigenvalue weighted by atomic mass is 16.6. The van der Waals surface area contributed by atoms with Crippen molar-refractivity contribution in [3.05, 3.63) is 12.7 Å². The first-order chi connectivity index (χ1) is 7.40. The number of aliphatic hydroxyl groups excluding tert-OH is 1. The molecule has 0 aromatic rings. The summed E-state index contributed by atoms with van der Waals surface area (Å²) in [7, 11) is 0. The Hall–Kier alpha value is -1.03. The van der Waals surface area contributed by atoms with Crippen molar-refractivity contribution in [2.24, 2.45) is 0 Å². The summed E-state index contributed by atoms with van der Waals surface area (Å²) in [6.45, 7) is 10.3. The first-order valence-corrected chi connectivity index (χ1v) is 5.60. The third-order valence-corrected chi connectivity index (χ3v) is 1.84. The Labute approximate surface area is 97.9 Å². The minimum absolute atomic E-state index is 0.149. The fraction of sp³-hybridized carbons (Fsp3) is 0.750. The molecule has 0 radical (unpaired) electrons. The molecule has 0 unspecified atom stereocenters. The van der Waals surface area contributed by atoms with Gasteiger partial charge in [0.05, 0.1) is 0 Å². The van der Waals surface area contributed by atoms with Crippen molar-refractivity contribution in [1.82, 2.24) is 4.90 Å². The summed E-state index contributed by atoms with van der Waals surface area (Å²) in [4.78, 5) is 13.3. The second-order valence-electron chi connectivity index (χ2n) is 4.65. The van der Waals surface area contributed by atoms with Gasteiger partial charge in [0.2, 0.25) is 0 Å². The number of amides is 1. The van der Waals surface area contributed by atoms with Crippen LogP contribution in [0.25, 0.3) is 0 Å². The van der Waals surface area contributed by atoms with E-state index in [-0.39, 0.29) is 12.7 Å². The Morgan fingerprint density at radius 2 is 2.06 bits per heavy atom. The van der Waals surface area contributed by atoms with Gasteiger partial charge >= 0.3 is 6.09 Å². The Kier molecular flexibility index (Phi) is 6.81. The number of nitrogens with zero attached hydrogens (tertiary/aromatic N) is 1. The van der Waals surface area contributed by atoms with Gasteiger partial charge < -0.3 is 14.7 Å². The summed E-state index contributed by atoms with van der Waals surface area (Å²) in [5.41, 5.74) is -0.479. The van der Waals surface area contributed by atoms with Crippen LogP contribution in [0.4, 0.5) is 4.79 Å². The molecule has 0 aliphatic heterocycles. The highest BCUT2D eigenvalue weighted by Gasteiger charge is 2.20. The molecule has 0 heterocycles. The lowest BCUT2D eigenvalue weighted by molar-refractivity contribution is 0.0267. The predicted octanol–water partition coefficient (Wildman–Crippen LogP) is 2.18. The molecule has 0 aliphatic rings. The van der Waals surface area contributed by atoms with Crippen molar-refractivity contribution in [3.63, 3.8) is 0 Å². The Morgan fingerprint density at radius 3 is 2.50 bits per heavy atom. The van der Waals surface area contributed by atoms with Gasteiger partial charge in [0, 0.05) is 19.7 Å². The van der Waals surface area contributed by atoms with E-state index in [1.807, 2.05) is 20.8 Å². The third kappa shape index (κ3) is 7.29. The smallest absolute Gasteiger partial charge is 0.410 e. The van der Waals surface area contributed by atoms with Crippen molar-refractivity contribution in [2.75, 3.05) is 19.7 Å². The molecule has 94 valence electrons. The van der Waals surface area contributed by atoms with Crippen LogP contribution < -0.4 is 0 Å². The van der Waals surface area contributed by atoms with Crippen molar-refractivity contribution >= 4 is 6.09 Å². The van der Waals surface area contributed by atoms with E-state index in [0.717, 1.165) is 6.42 Å². The molecule has 16 heavy (non-hydrogen) atoms. The molecule has 0 aromatic heterocycles. The maximum atomic E-state index is 11.7. The SMILES string of the molecule is C=CCN(CCCCO)C(=O)OC(C)(C)C. The number of unbranched alkanes of at least 4 members (excludes halogenated alkanes) is 1. The van der Waals surface area contributed by atoms with Crippen LogP contribution in [0, 0.1) is 0 Å². The van der Waals surface area contributed by atoms with Gasteiger partial charge in [-0.05, 0) is 33.6 Å². The zero-order valence-electron chi connectivity index (χ0n) is 10.5. The quantitative estimate of drug-likeness (QED) is 0.561. The zero-order valence-corrected chi connectivity index (χ0v) is 10.5. The number of rotatable bonds is 6. The van der Waals surface area contributed by atoms with E-state index in [1.54, 1.807) is 11.0 Å². The van der Waals surface area contributed by atoms with Gasteiger partial charge in [-0.3, -0.25) is 0 Å². The minimum Gasteiger partial charge on any atom is -0.444 e. The molecule has 0 atom stereocenters. The lowest BCUT2D eigenvalue weighted by Gasteiger charge is -2.26. The zero-order chi connectivity index (χ0) is 12.6. The predicted molar refractivity (Wildman–Crippen MR) is 64.3 cm³/mol. The number of hydrogen-bond acceptors (Lipinski definition) is 3. The molecule has 0 rings (SSSR count). The van der Waals surface area contributed by atoms with E-state index in [9.17, 15) is 4.79 Å². The molecular weight excluding hydrogens is 206 g/mol. The minimum atomic E-state index is -0.479. The van der Waals surface area contributed by atoms with Gasteiger partial charge in [-0.15, -0.1) is 6.58 Å². The van der Waals surface area contributed by atoms with Crippen molar-refractivity contribution in [2.45, 2.75) is 39.2 Å². The first kappa shape index (κ1) is 15.0. The van der Waals surface area contributed by atoms with Crippen molar-refractivity contribution < 1.29 is 14.6 Å². The highest BCUT2D eigenvalue weighted by Crippen LogP contribution is 2.10. The van der Waals surface area contributed by atoms with E-state index in [0.29, 0.717) is 19.5 Å². The van der Waals surface area contributed by atoms with Crippen LogP contribution in [0.1, 0.15) is 33.6 Å². The van der Waals surface area contributed by atoms with Crippen LogP contribution in [0.2, 0.25) is 0 Å². The summed E-state index contributed by atoms with van der Waals surface area (Å²) in [5.74, 6) is 0. The normalized spacial score (nSPS) is 11.0. The average Bonchev–Trinajstić information content (AvgIpc) is 2.14. The number of ether oxygens (including phenoxy) is 1. The fourth-order valence-corrected chi connectivity index (χ4v) is 1.15. The second-order valence-corrected chi connectivity index (χ2v) is 4.65. The monoisotopic (exact) mass is 229 g/mol. The lowest BCUT2D eigenvalue weighted by atomic mass is 10.2. The maximum absolute atomic E-state index is 11.7. The molecule has 1 N–H and O–H groups in total. The van der Waals surface area contributed by atoms with E-state index in [1.165, 1.54) is 0 Å². The molecule has 0 saturated carbocycles. The van der Waals surface area contributed by atoms with Crippen molar-refractivity contribution in [1.29, 1.82) is 0 Å². The average molecular weight is 229 g/mol. The first-order valence-electron chi connectivity index (χ1n) is 5.60. The van der Waals surface area contributed by atoms with Gasteiger partial charge in [0.1, 0.15) is 5.60 Å². The molecular formula is C12H23NO3. The summed E-state index contributed by atoms with van der Waals surface area (Å²) >= 11 is 0. The third-order valence-electron chi connectivity index (χ3n) is 1.84. The van der Waals surface area contributed by atoms with Crippen LogP contribution in [0.5, 0.6) is 0 Å². The Morgan fingerprint density at radius 1 is 1.44 bits per heavy atom. The van der Waals surface area contributed by atoms with Crippen LogP contribution in [0.15, 0.2) is 12.7 Å². The Bertz CT molecular complexity index is 221. The topological polar surface area (TPSA) is 49.8 Å². The van der Waals surface area contributed by atoms with Gasteiger partial charge in [-0.2, -0.15) is 0 Å². The van der Waals surface area contributed by atoms with Gasteiger partial charge in [0.15, 0.2) is 0 Å². The number of carbonyl (C=O) groups is 1. The van der Waals surface area contributed by atoms with E-state index in [2.05, 4.69) is 6.58 Å². The van der Waals surface area contributed by atoms with Crippen LogP contribution in [-0.2, 0) is 4.74 Å². The molecule has 0 saturated heterocycles. The van der Waals surface area contributed by atoms with E-state index in [4.69, 9.17) is 9.84 Å². The number of carbonyl (C=O) groups excluding carboxylic acids is 1. The summed E-state index contributed by atoms with van der Waals surface area (Å²) < 4.78 is 5.26. The maximum Gasteiger partial charge on any atom is 0.410 e. The van der Waals surface area contributed by atoms with E-state index < -0.39 is 5.60 Å². The Balaban J connectivity index is 4.18. The lowest BCUT2D eigenvalue weighted by Crippen LogP contribution is -2.37. The molecule has 0 aliphatic carbocycles. The van der Waals surface area contributed by atoms with Gasteiger partial charge in [-0.25, -0.2) is 4.79 Å². The van der Waals surface area contributed by atoms with Crippen LogP contribution in [0.3, 0.4) is 0 Å². The van der Waals surface area contributed by atoms with Gasteiger partial charge in [-0.1, -0.05) is 6.08 Å². The molecule has 0 bridgehead atoms. The molecule has 0 aromatic carbocycles. The number of aliphatic hydroxyl groups is 1. The highest BCUT2D eigenvalue weighted by molar-refractivity contribution is 5.68. The molecule has 0 spiro atoms. The number of hydrogen-bond donors (Lipinski definition) is 1. The van der Waals surface area contributed by atoms with Gasteiger partial charge in [0.25, 0.3) is 0 Å². The van der Waals surface area contributed by atoms with Crippen LogP contribution >= 0.6 is 0 Å². The van der Waals surface area contributed by atoms with E-state index >= 15 is 0 Å². The fourth-order valence-electron chi connectivity index (χ4n) is 1.15. The molecule has 0 fully saturated rings. The largest absolute Gasteiger partial charge is 0.444 e. The summed E-state index contributed by atoms with van der Waals surface area (Å²) in [5, 5.41) is 8.68.